The molecule has 2 rings (SSSR count). The lowest BCUT2D eigenvalue weighted by Crippen LogP contribution is -1.90. The molecule has 0 N–H and O–H groups in total. The van der Waals surface area contributed by atoms with E-state index in [4.69, 9.17) is 16.3 Å². The maximum Gasteiger partial charge on any atom is 0.219 e. The molecule has 0 bridgehead atoms. The molecule has 0 aliphatic heterocycles. The highest BCUT2D eigenvalue weighted by atomic mass is 79.9. The van der Waals surface area contributed by atoms with E-state index in [-0.39, 0.29) is 0 Å². The van der Waals surface area contributed by atoms with Gasteiger partial charge in [-0.1, -0.05) is 31.0 Å². The Labute approximate surface area is 120 Å². The second kappa shape index (κ2) is 6.21. The van der Waals surface area contributed by atoms with Crippen LogP contribution in [-0.4, -0.2) is 4.98 Å². The van der Waals surface area contributed by atoms with Crippen LogP contribution in [0.3, 0.4) is 0 Å². The topological polar surface area (TPSA) is 22.1 Å². The van der Waals surface area contributed by atoms with E-state index in [9.17, 15) is 0 Å². The molecule has 0 amide bonds. The summed E-state index contributed by atoms with van der Waals surface area (Å²) >= 11 is 9.51. The summed E-state index contributed by atoms with van der Waals surface area (Å²) in [4.78, 5) is 4.15. The molecule has 1 aromatic heterocycles. The lowest BCUT2D eigenvalue weighted by atomic mass is 10.1. The monoisotopic (exact) mass is 325 g/mol. The van der Waals surface area contributed by atoms with Gasteiger partial charge in [0.25, 0.3) is 0 Å². The number of hydrogen-bond acceptors (Lipinski definition) is 2. The summed E-state index contributed by atoms with van der Waals surface area (Å²) in [6.07, 6.45) is 3.82. The summed E-state index contributed by atoms with van der Waals surface area (Å²) in [6, 6.07) is 9.53. The van der Waals surface area contributed by atoms with Crippen LogP contribution in [0.2, 0.25) is 5.02 Å². The molecule has 0 fully saturated rings. The van der Waals surface area contributed by atoms with E-state index in [0.717, 1.165) is 17.3 Å². The number of ether oxygens (including phenoxy) is 1. The molecule has 0 spiro atoms. The number of rotatable bonds is 4. The van der Waals surface area contributed by atoms with E-state index in [1.54, 1.807) is 12.3 Å². The summed E-state index contributed by atoms with van der Waals surface area (Å²) < 4.78 is 6.55. The summed E-state index contributed by atoms with van der Waals surface area (Å²) in [7, 11) is 0. The SMILES string of the molecule is CCCc1ccc(Oc2ccc(Br)cn2)c(Cl)c1. The van der Waals surface area contributed by atoms with Gasteiger partial charge in [0, 0.05) is 16.7 Å². The third-order valence-electron chi connectivity index (χ3n) is 2.45. The lowest BCUT2D eigenvalue weighted by Gasteiger charge is -2.08. The van der Waals surface area contributed by atoms with Crippen molar-refractivity contribution < 1.29 is 4.74 Å². The zero-order valence-corrected chi connectivity index (χ0v) is 12.3. The number of aromatic nitrogens is 1. The number of pyridine rings is 1. The van der Waals surface area contributed by atoms with E-state index in [1.807, 2.05) is 24.3 Å². The first kappa shape index (κ1) is 13.4. The van der Waals surface area contributed by atoms with Gasteiger partial charge in [-0.2, -0.15) is 0 Å². The van der Waals surface area contributed by atoms with Crippen LogP contribution in [0.4, 0.5) is 0 Å². The molecular formula is C14H13BrClNO. The Hall–Kier alpha value is -1.06. The van der Waals surface area contributed by atoms with Crippen molar-refractivity contribution in [3.8, 4) is 11.6 Å². The van der Waals surface area contributed by atoms with E-state index in [1.165, 1.54) is 5.56 Å². The van der Waals surface area contributed by atoms with Crippen molar-refractivity contribution in [3.63, 3.8) is 0 Å². The zero-order valence-electron chi connectivity index (χ0n) is 9.99. The third kappa shape index (κ3) is 3.47. The summed E-state index contributed by atoms with van der Waals surface area (Å²) in [5, 5.41) is 0.616. The fourth-order valence-electron chi connectivity index (χ4n) is 1.61. The highest BCUT2D eigenvalue weighted by molar-refractivity contribution is 9.10. The lowest BCUT2D eigenvalue weighted by molar-refractivity contribution is 0.463. The molecule has 1 aromatic carbocycles. The van der Waals surface area contributed by atoms with Gasteiger partial charge in [-0.3, -0.25) is 0 Å². The number of benzene rings is 1. The van der Waals surface area contributed by atoms with Crippen LogP contribution in [0.5, 0.6) is 11.6 Å². The fourth-order valence-corrected chi connectivity index (χ4v) is 2.08. The van der Waals surface area contributed by atoms with Crippen LogP contribution in [0.15, 0.2) is 41.0 Å². The van der Waals surface area contributed by atoms with Gasteiger partial charge < -0.3 is 4.74 Å². The average molecular weight is 327 g/mol. The Morgan fingerprint density at radius 3 is 2.72 bits per heavy atom. The van der Waals surface area contributed by atoms with Crippen molar-refractivity contribution in [2.45, 2.75) is 19.8 Å². The van der Waals surface area contributed by atoms with Crippen molar-refractivity contribution in [1.29, 1.82) is 0 Å². The quantitative estimate of drug-likeness (QED) is 0.766. The van der Waals surface area contributed by atoms with Crippen LogP contribution in [-0.2, 0) is 6.42 Å². The Kier molecular flexibility index (Phi) is 4.61. The normalized spacial score (nSPS) is 10.4. The minimum Gasteiger partial charge on any atom is -0.437 e. The maximum absolute atomic E-state index is 6.18. The van der Waals surface area contributed by atoms with E-state index >= 15 is 0 Å². The first-order valence-corrected chi connectivity index (χ1v) is 6.94. The minimum absolute atomic E-state index is 0.531. The maximum atomic E-state index is 6.18. The molecule has 0 unspecified atom stereocenters. The number of nitrogens with zero attached hydrogens (tertiary/aromatic N) is 1. The molecule has 0 saturated carbocycles. The smallest absolute Gasteiger partial charge is 0.219 e. The van der Waals surface area contributed by atoms with E-state index in [0.29, 0.717) is 16.7 Å². The number of halogens is 2. The third-order valence-corrected chi connectivity index (χ3v) is 3.21. The fraction of sp³-hybridized carbons (Fsp3) is 0.214. The van der Waals surface area contributed by atoms with Gasteiger partial charge in [0.05, 0.1) is 5.02 Å². The number of aryl methyl sites for hydroxylation is 1. The second-order valence-electron chi connectivity index (χ2n) is 3.93. The van der Waals surface area contributed by atoms with Gasteiger partial charge in [0.2, 0.25) is 5.88 Å². The van der Waals surface area contributed by atoms with Crippen LogP contribution >= 0.6 is 27.5 Å². The van der Waals surface area contributed by atoms with Crippen molar-refractivity contribution in [2.24, 2.45) is 0 Å². The minimum atomic E-state index is 0.531. The van der Waals surface area contributed by atoms with Gasteiger partial charge in [0.1, 0.15) is 5.75 Å². The molecule has 0 saturated heterocycles. The van der Waals surface area contributed by atoms with E-state index < -0.39 is 0 Å². The molecule has 2 aromatic rings. The molecule has 0 aliphatic carbocycles. The summed E-state index contributed by atoms with van der Waals surface area (Å²) in [5.41, 5.74) is 1.22. The highest BCUT2D eigenvalue weighted by Gasteiger charge is 2.05. The first-order valence-electron chi connectivity index (χ1n) is 5.77. The number of hydrogen-bond donors (Lipinski definition) is 0. The van der Waals surface area contributed by atoms with Gasteiger partial charge in [-0.25, -0.2) is 4.98 Å². The van der Waals surface area contributed by atoms with Gasteiger partial charge >= 0.3 is 0 Å². The molecular weight excluding hydrogens is 314 g/mol. The van der Waals surface area contributed by atoms with Gasteiger partial charge in [-0.15, -0.1) is 0 Å². The first-order chi connectivity index (χ1) is 8.69. The van der Waals surface area contributed by atoms with E-state index in [2.05, 4.69) is 27.8 Å². The summed E-state index contributed by atoms with van der Waals surface area (Å²) in [5.74, 6) is 1.16. The Morgan fingerprint density at radius 1 is 1.28 bits per heavy atom. The van der Waals surface area contributed by atoms with Crippen LogP contribution in [0, 0.1) is 0 Å². The molecule has 4 heteroatoms. The van der Waals surface area contributed by atoms with Crippen molar-refractivity contribution >= 4 is 27.5 Å². The molecule has 1 heterocycles. The van der Waals surface area contributed by atoms with Crippen molar-refractivity contribution in [1.82, 2.24) is 4.98 Å². The van der Waals surface area contributed by atoms with Crippen molar-refractivity contribution in [2.75, 3.05) is 0 Å². The molecule has 2 nitrogen and oxygen atoms in total. The Morgan fingerprint density at radius 2 is 2.11 bits per heavy atom. The molecule has 18 heavy (non-hydrogen) atoms. The standard InChI is InChI=1S/C14H13BrClNO/c1-2-3-10-4-6-13(12(16)8-10)18-14-7-5-11(15)9-17-14/h4-9H,2-3H2,1H3. The molecule has 0 aliphatic rings. The molecule has 0 atom stereocenters. The zero-order chi connectivity index (χ0) is 13.0. The van der Waals surface area contributed by atoms with Crippen LogP contribution in [0.25, 0.3) is 0 Å². The highest BCUT2D eigenvalue weighted by Crippen LogP contribution is 2.29. The summed E-state index contributed by atoms with van der Waals surface area (Å²) in [6.45, 7) is 2.14. The predicted octanol–water partition coefficient (Wildman–Crippen LogP) is 5.24. The molecule has 94 valence electrons. The predicted molar refractivity (Wildman–Crippen MR) is 77.5 cm³/mol. The van der Waals surface area contributed by atoms with Gasteiger partial charge in [0.15, 0.2) is 0 Å². The Balaban J connectivity index is 2.16. The van der Waals surface area contributed by atoms with Crippen molar-refractivity contribution in [3.05, 3.63) is 51.6 Å². The largest absolute Gasteiger partial charge is 0.437 e. The van der Waals surface area contributed by atoms with Crippen LogP contribution in [0.1, 0.15) is 18.9 Å². The Bertz CT molecular complexity index is 528. The van der Waals surface area contributed by atoms with Gasteiger partial charge in [-0.05, 0) is 46.1 Å². The molecule has 0 radical (unpaired) electrons. The average Bonchev–Trinajstić information content (AvgIpc) is 2.36. The second-order valence-corrected chi connectivity index (χ2v) is 5.25. The van der Waals surface area contributed by atoms with Crippen LogP contribution < -0.4 is 4.74 Å².